The number of rotatable bonds is 4. The van der Waals surface area contributed by atoms with Crippen molar-refractivity contribution in [3.63, 3.8) is 0 Å². The summed E-state index contributed by atoms with van der Waals surface area (Å²) in [4.78, 5) is 29.1. The molecular formula is C21H19NO3S. The van der Waals surface area contributed by atoms with Crippen LogP contribution in [-0.2, 0) is 0 Å². The average molecular weight is 365 g/mol. The van der Waals surface area contributed by atoms with Gasteiger partial charge in [0.15, 0.2) is 5.43 Å². The van der Waals surface area contributed by atoms with Crippen molar-refractivity contribution in [1.82, 2.24) is 4.90 Å². The molecule has 4 rings (SSSR count). The van der Waals surface area contributed by atoms with Gasteiger partial charge in [-0.05, 0) is 42.5 Å². The first-order chi connectivity index (χ1) is 12.7. The summed E-state index contributed by atoms with van der Waals surface area (Å²) in [6, 6.07) is 14.7. The van der Waals surface area contributed by atoms with E-state index in [2.05, 4.69) is 0 Å². The molecule has 0 aliphatic carbocycles. The summed E-state index contributed by atoms with van der Waals surface area (Å²) >= 11 is 1.66. The van der Waals surface area contributed by atoms with E-state index in [0.717, 1.165) is 16.9 Å². The van der Waals surface area contributed by atoms with E-state index in [1.54, 1.807) is 34.9 Å². The molecule has 1 aliphatic heterocycles. The number of nitrogens with zero attached hydrogens (tertiary/aromatic N) is 1. The van der Waals surface area contributed by atoms with E-state index < -0.39 is 6.04 Å². The molecule has 4 nitrogen and oxygen atoms in total. The second-order valence-electron chi connectivity index (χ2n) is 6.34. The van der Waals surface area contributed by atoms with Crippen LogP contribution in [0.25, 0.3) is 11.0 Å². The molecule has 2 aromatic carbocycles. The Morgan fingerprint density at radius 3 is 2.50 bits per heavy atom. The van der Waals surface area contributed by atoms with Crippen molar-refractivity contribution in [1.29, 1.82) is 0 Å². The highest BCUT2D eigenvalue weighted by Gasteiger charge is 2.42. The van der Waals surface area contributed by atoms with Crippen LogP contribution in [0.5, 0.6) is 0 Å². The van der Waals surface area contributed by atoms with Gasteiger partial charge < -0.3 is 9.32 Å². The number of amides is 1. The van der Waals surface area contributed by atoms with Gasteiger partial charge in [0.1, 0.15) is 5.58 Å². The van der Waals surface area contributed by atoms with Gasteiger partial charge in [0.25, 0.3) is 5.91 Å². The second-order valence-corrected chi connectivity index (χ2v) is 7.22. The van der Waals surface area contributed by atoms with Crippen LogP contribution in [-0.4, -0.2) is 23.6 Å². The maximum atomic E-state index is 13.2. The van der Waals surface area contributed by atoms with Gasteiger partial charge in [-0.1, -0.05) is 31.2 Å². The SMILES string of the molecule is CCCN1C(=O)c2oc3ccccc3c(=O)c2[C@@H]1c1ccc(SC)cc1. The molecule has 132 valence electrons. The average Bonchev–Trinajstić information content (AvgIpc) is 2.95. The van der Waals surface area contributed by atoms with Crippen LogP contribution in [0.4, 0.5) is 0 Å². The van der Waals surface area contributed by atoms with E-state index in [1.807, 2.05) is 43.5 Å². The quantitative estimate of drug-likeness (QED) is 0.640. The lowest BCUT2D eigenvalue weighted by atomic mass is 9.98. The molecule has 1 aromatic heterocycles. The molecule has 0 unspecified atom stereocenters. The van der Waals surface area contributed by atoms with Crippen molar-refractivity contribution in [2.45, 2.75) is 24.3 Å². The van der Waals surface area contributed by atoms with Gasteiger partial charge in [-0.15, -0.1) is 11.8 Å². The van der Waals surface area contributed by atoms with Crippen LogP contribution >= 0.6 is 11.8 Å². The number of hydrogen-bond acceptors (Lipinski definition) is 4. The van der Waals surface area contributed by atoms with E-state index in [4.69, 9.17) is 4.42 Å². The molecule has 0 bridgehead atoms. The molecule has 26 heavy (non-hydrogen) atoms. The van der Waals surface area contributed by atoms with Crippen LogP contribution in [0.2, 0.25) is 0 Å². The topological polar surface area (TPSA) is 50.5 Å². The number of fused-ring (bicyclic) bond motifs is 2. The zero-order chi connectivity index (χ0) is 18.3. The maximum absolute atomic E-state index is 13.2. The molecule has 1 atom stereocenters. The summed E-state index contributed by atoms with van der Waals surface area (Å²) in [6.45, 7) is 2.60. The van der Waals surface area contributed by atoms with Gasteiger partial charge in [-0.25, -0.2) is 0 Å². The van der Waals surface area contributed by atoms with Gasteiger partial charge in [0.05, 0.1) is 17.0 Å². The molecule has 5 heteroatoms. The lowest BCUT2D eigenvalue weighted by Gasteiger charge is -2.24. The maximum Gasteiger partial charge on any atom is 0.290 e. The van der Waals surface area contributed by atoms with E-state index in [9.17, 15) is 9.59 Å². The Kier molecular flexibility index (Phi) is 4.32. The zero-order valence-electron chi connectivity index (χ0n) is 14.7. The minimum absolute atomic E-state index is 0.118. The Morgan fingerprint density at radius 1 is 1.08 bits per heavy atom. The van der Waals surface area contributed by atoms with Gasteiger partial charge in [-0.2, -0.15) is 0 Å². The Balaban J connectivity index is 1.96. The van der Waals surface area contributed by atoms with Crippen molar-refractivity contribution in [3.05, 3.63) is 75.6 Å². The third-order valence-corrected chi connectivity index (χ3v) is 5.51. The lowest BCUT2D eigenvalue weighted by Crippen LogP contribution is -2.30. The van der Waals surface area contributed by atoms with Gasteiger partial charge in [0, 0.05) is 11.4 Å². The minimum atomic E-state index is -0.394. The fourth-order valence-corrected chi connectivity index (χ4v) is 3.98. The molecule has 0 N–H and O–H groups in total. The minimum Gasteiger partial charge on any atom is -0.450 e. The standard InChI is InChI=1S/C21H19NO3S/c1-3-12-22-18(13-8-10-14(26-2)11-9-13)17-19(23)15-6-4-5-7-16(15)25-20(17)21(22)24/h4-11,18H,3,12H2,1-2H3/t18-/m0/s1. The van der Waals surface area contributed by atoms with Crippen LogP contribution in [0.15, 0.2) is 62.6 Å². The molecule has 0 radical (unpaired) electrons. The molecule has 0 saturated carbocycles. The highest BCUT2D eigenvalue weighted by molar-refractivity contribution is 7.98. The number of thioether (sulfide) groups is 1. The van der Waals surface area contributed by atoms with Crippen molar-refractivity contribution < 1.29 is 9.21 Å². The van der Waals surface area contributed by atoms with E-state index >= 15 is 0 Å². The molecule has 1 amide bonds. The first-order valence-electron chi connectivity index (χ1n) is 8.66. The molecule has 2 heterocycles. The summed E-state index contributed by atoms with van der Waals surface area (Å²) in [5.74, 6) is -0.0234. The summed E-state index contributed by atoms with van der Waals surface area (Å²) in [6.07, 6.45) is 2.83. The van der Waals surface area contributed by atoms with E-state index in [1.165, 1.54) is 0 Å². The summed E-state index contributed by atoms with van der Waals surface area (Å²) in [7, 11) is 0. The summed E-state index contributed by atoms with van der Waals surface area (Å²) in [5, 5.41) is 0.517. The molecular weight excluding hydrogens is 346 g/mol. The van der Waals surface area contributed by atoms with Crippen LogP contribution in [0, 0.1) is 0 Å². The van der Waals surface area contributed by atoms with Gasteiger partial charge in [0.2, 0.25) is 5.76 Å². The van der Waals surface area contributed by atoms with E-state index in [0.29, 0.717) is 23.1 Å². The first kappa shape index (κ1) is 16.9. The highest BCUT2D eigenvalue weighted by Crippen LogP contribution is 2.38. The Bertz CT molecular complexity index is 1040. The fraction of sp³-hybridized carbons (Fsp3) is 0.238. The van der Waals surface area contributed by atoms with Crippen molar-refractivity contribution in [2.75, 3.05) is 12.8 Å². The van der Waals surface area contributed by atoms with Crippen LogP contribution in [0.3, 0.4) is 0 Å². The largest absolute Gasteiger partial charge is 0.450 e. The summed E-state index contributed by atoms with van der Waals surface area (Å²) in [5.41, 5.74) is 1.73. The third-order valence-electron chi connectivity index (χ3n) is 4.77. The number of para-hydroxylation sites is 1. The Labute approximate surface area is 155 Å². The van der Waals surface area contributed by atoms with Crippen LogP contribution in [0.1, 0.15) is 41.1 Å². The van der Waals surface area contributed by atoms with Crippen LogP contribution < -0.4 is 5.43 Å². The predicted octanol–water partition coefficient (Wildman–Crippen LogP) is 4.47. The Hall–Kier alpha value is -2.53. The number of hydrogen-bond donors (Lipinski definition) is 0. The number of carbonyl (C=O) groups excluding carboxylic acids is 1. The first-order valence-corrected chi connectivity index (χ1v) is 9.88. The molecule has 0 spiro atoms. The van der Waals surface area contributed by atoms with Crippen molar-refractivity contribution in [2.24, 2.45) is 0 Å². The van der Waals surface area contributed by atoms with Gasteiger partial charge in [-0.3, -0.25) is 9.59 Å². The second kappa shape index (κ2) is 6.65. The number of benzene rings is 2. The zero-order valence-corrected chi connectivity index (χ0v) is 15.5. The fourth-order valence-electron chi connectivity index (χ4n) is 3.57. The lowest BCUT2D eigenvalue weighted by molar-refractivity contribution is 0.0728. The van der Waals surface area contributed by atoms with Crippen molar-refractivity contribution >= 4 is 28.6 Å². The molecule has 1 aliphatic rings. The van der Waals surface area contributed by atoms with Crippen molar-refractivity contribution in [3.8, 4) is 0 Å². The third kappa shape index (κ3) is 2.54. The smallest absolute Gasteiger partial charge is 0.290 e. The van der Waals surface area contributed by atoms with Gasteiger partial charge >= 0.3 is 0 Å². The van der Waals surface area contributed by atoms with E-state index in [-0.39, 0.29) is 17.1 Å². The monoisotopic (exact) mass is 365 g/mol. The highest BCUT2D eigenvalue weighted by atomic mass is 32.2. The Morgan fingerprint density at radius 2 is 1.81 bits per heavy atom. The molecule has 3 aromatic rings. The normalized spacial score (nSPS) is 16.3. The number of carbonyl (C=O) groups is 1. The summed E-state index contributed by atoms with van der Waals surface area (Å²) < 4.78 is 5.88. The molecule has 0 saturated heterocycles. The molecule has 0 fully saturated rings. The predicted molar refractivity (Wildman–Crippen MR) is 104 cm³/mol.